The number of alkyl halides is 3. The lowest BCUT2D eigenvalue weighted by molar-refractivity contribution is -0.206. The minimum absolute atomic E-state index is 0.126. The second-order valence-corrected chi connectivity index (χ2v) is 4.46. The van der Waals surface area contributed by atoms with E-state index in [1.54, 1.807) is 6.07 Å². The standard InChI is InChI=1S/C11H15F3N2O3/c1-18-8-4-6(16)2-3-7(8)9(5-15)19-10(17)11(12,13)14/h6-9H,2-4,16H2,1H3/t6-,7+,8+,9?/m0/s1. The largest absolute Gasteiger partial charge is 0.490 e. The molecule has 0 saturated heterocycles. The van der Waals surface area contributed by atoms with Crippen molar-refractivity contribution in [2.75, 3.05) is 7.11 Å². The molecule has 0 bridgehead atoms. The van der Waals surface area contributed by atoms with Crippen molar-refractivity contribution in [1.29, 1.82) is 5.26 Å². The van der Waals surface area contributed by atoms with Crippen LogP contribution in [0.5, 0.6) is 0 Å². The van der Waals surface area contributed by atoms with Crippen molar-refractivity contribution in [2.45, 2.75) is 43.7 Å². The molecule has 1 rings (SSSR count). The Morgan fingerprint density at radius 2 is 2.11 bits per heavy atom. The van der Waals surface area contributed by atoms with Crippen molar-refractivity contribution >= 4 is 5.97 Å². The van der Waals surface area contributed by atoms with Gasteiger partial charge < -0.3 is 15.2 Å². The molecule has 1 saturated carbocycles. The smallest absolute Gasteiger partial charge is 0.440 e. The second kappa shape index (κ2) is 6.21. The highest BCUT2D eigenvalue weighted by molar-refractivity contribution is 5.76. The number of halogens is 3. The predicted molar refractivity (Wildman–Crippen MR) is 57.7 cm³/mol. The van der Waals surface area contributed by atoms with E-state index in [4.69, 9.17) is 15.7 Å². The van der Waals surface area contributed by atoms with E-state index in [1.807, 2.05) is 0 Å². The number of nitrogens with zero attached hydrogens (tertiary/aromatic N) is 1. The van der Waals surface area contributed by atoms with E-state index < -0.39 is 30.3 Å². The normalized spacial score (nSPS) is 29.4. The minimum Gasteiger partial charge on any atom is -0.440 e. The Hall–Kier alpha value is -1.33. The Bertz CT molecular complexity index is 367. The lowest BCUT2D eigenvalue weighted by atomic mass is 9.80. The fourth-order valence-electron chi connectivity index (χ4n) is 2.19. The van der Waals surface area contributed by atoms with Crippen LogP contribution in [0.2, 0.25) is 0 Å². The van der Waals surface area contributed by atoms with Crippen LogP contribution in [-0.4, -0.2) is 37.5 Å². The van der Waals surface area contributed by atoms with Crippen LogP contribution < -0.4 is 5.73 Å². The van der Waals surface area contributed by atoms with Crippen LogP contribution in [0.4, 0.5) is 13.2 Å². The van der Waals surface area contributed by atoms with Crippen molar-refractivity contribution < 1.29 is 27.4 Å². The van der Waals surface area contributed by atoms with Crippen molar-refractivity contribution in [2.24, 2.45) is 11.7 Å². The van der Waals surface area contributed by atoms with E-state index in [-0.39, 0.29) is 6.04 Å². The van der Waals surface area contributed by atoms with Gasteiger partial charge in [0, 0.05) is 19.1 Å². The van der Waals surface area contributed by atoms with Gasteiger partial charge in [-0.05, 0) is 19.3 Å². The van der Waals surface area contributed by atoms with Crippen LogP contribution in [-0.2, 0) is 14.3 Å². The molecule has 5 nitrogen and oxygen atoms in total. The van der Waals surface area contributed by atoms with Gasteiger partial charge >= 0.3 is 12.1 Å². The van der Waals surface area contributed by atoms with E-state index in [0.717, 1.165) is 0 Å². The third-order valence-electron chi connectivity index (χ3n) is 3.17. The van der Waals surface area contributed by atoms with Gasteiger partial charge in [0.05, 0.1) is 6.10 Å². The molecule has 0 heterocycles. The van der Waals surface area contributed by atoms with Gasteiger partial charge in [0.25, 0.3) is 0 Å². The lowest BCUT2D eigenvalue weighted by Gasteiger charge is -2.35. The van der Waals surface area contributed by atoms with E-state index in [9.17, 15) is 18.0 Å². The first-order valence-corrected chi connectivity index (χ1v) is 5.75. The van der Waals surface area contributed by atoms with E-state index in [0.29, 0.717) is 19.3 Å². The van der Waals surface area contributed by atoms with Crippen molar-refractivity contribution in [3.63, 3.8) is 0 Å². The first-order chi connectivity index (χ1) is 8.79. The fraction of sp³-hybridized carbons (Fsp3) is 0.818. The zero-order valence-corrected chi connectivity index (χ0v) is 10.3. The molecule has 1 fully saturated rings. The maximum atomic E-state index is 12.1. The quantitative estimate of drug-likeness (QED) is 0.783. The summed E-state index contributed by atoms with van der Waals surface area (Å²) in [6, 6.07) is 1.46. The summed E-state index contributed by atoms with van der Waals surface area (Å²) >= 11 is 0. The van der Waals surface area contributed by atoms with Crippen LogP contribution in [0.15, 0.2) is 0 Å². The number of methoxy groups -OCH3 is 1. The van der Waals surface area contributed by atoms with E-state index >= 15 is 0 Å². The predicted octanol–water partition coefficient (Wildman–Crippen LogP) is 1.13. The van der Waals surface area contributed by atoms with Crippen molar-refractivity contribution in [1.82, 2.24) is 0 Å². The van der Waals surface area contributed by atoms with Gasteiger partial charge in [-0.3, -0.25) is 0 Å². The number of carbonyl (C=O) groups excluding carboxylic acids is 1. The third-order valence-corrected chi connectivity index (χ3v) is 3.17. The highest BCUT2D eigenvalue weighted by Crippen LogP contribution is 2.31. The summed E-state index contributed by atoms with van der Waals surface area (Å²) in [4.78, 5) is 10.8. The minimum atomic E-state index is -5.11. The zero-order valence-electron chi connectivity index (χ0n) is 10.3. The molecule has 1 aliphatic carbocycles. The molecule has 0 aromatic rings. The van der Waals surface area contributed by atoms with Crippen LogP contribution in [0.3, 0.4) is 0 Å². The monoisotopic (exact) mass is 280 g/mol. The summed E-state index contributed by atoms with van der Waals surface area (Å²) in [6.45, 7) is 0. The lowest BCUT2D eigenvalue weighted by Crippen LogP contribution is -2.45. The number of nitriles is 1. The van der Waals surface area contributed by atoms with Gasteiger partial charge in [-0.1, -0.05) is 0 Å². The van der Waals surface area contributed by atoms with Gasteiger partial charge in [-0.25, -0.2) is 4.79 Å². The molecule has 0 aliphatic heterocycles. The number of hydrogen-bond donors (Lipinski definition) is 1. The number of nitrogens with two attached hydrogens (primary N) is 1. The summed E-state index contributed by atoms with van der Waals surface area (Å²) in [7, 11) is 1.38. The molecular formula is C11H15F3N2O3. The van der Waals surface area contributed by atoms with Gasteiger partial charge in [-0.15, -0.1) is 0 Å². The van der Waals surface area contributed by atoms with Crippen molar-refractivity contribution in [3.8, 4) is 6.07 Å². The SMILES string of the molecule is CO[C@@H]1C[C@@H](N)CC[C@H]1C(C#N)OC(=O)C(F)(F)F. The molecule has 4 atom stereocenters. The summed E-state index contributed by atoms with van der Waals surface area (Å²) in [6.07, 6.45) is -5.73. The van der Waals surface area contributed by atoms with Gasteiger partial charge in [0.15, 0.2) is 6.10 Å². The van der Waals surface area contributed by atoms with E-state index in [2.05, 4.69) is 4.74 Å². The van der Waals surface area contributed by atoms with Crippen LogP contribution in [0.25, 0.3) is 0 Å². The molecule has 1 unspecified atom stereocenters. The van der Waals surface area contributed by atoms with E-state index in [1.165, 1.54) is 7.11 Å². The third kappa shape index (κ3) is 4.08. The number of ether oxygens (including phenoxy) is 2. The molecule has 0 amide bonds. The summed E-state index contributed by atoms with van der Waals surface area (Å²) < 4.78 is 45.7. The first-order valence-electron chi connectivity index (χ1n) is 5.75. The Labute approximate surface area is 108 Å². The van der Waals surface area contributed by atoms with Crippen LogP contribution in [0, 0.1) is 17.2 Å². The average Bonchev–Trinajstić information content (AvgIpc) is 2.34. The Kier molecular flexibility index (Phi) is 5.14. The molecule has 19 heavy (non-hydrogen) atoms. The summed E-state index contributed by atoms with van der Waals surface area (Å²) in [5.74, 6) is -2.95. The molecule has 0 aromatic heterocycles. The Morgan fingerprint density at radius 1 is 1.47 bits per heavy atom. The average molecular weight is 280 g/mol. The zero-order chi connectivity index (χ0) is 14.6. The molecule has 108 valence electrons. The fourth-order valence-corrected chi connectivity index (χ4v) is 2.19. The number of hydrogen-bond acceptors (Lipinski definition) is 5. The van der Waals surface area contributed by atoms with Crippen molar-refractivity contribution in [3.05, 3.63) is 0 Å². The molecule has 2 N–H and O–H groups in total. The summed E-state index contributed by atoms with van der Waals surface area (Å²) in [5.41, 5.74) is 5.72. The molecule has 0 radical (unpaired) electrons. The maximum absolute atomic E-state index is 12.1. The Morgan fingerprint density at radius 3 is 2.58 bits per heavy atom. The number of esters is 1. The van der Waals surface area contributed by atoms with Crippen LogP contribution >= 0.6 is 0 Å². The summed E-state index contributed by atoms with van der Waals surface area (Å²) in [5, 5.41) is 8.89. The molecule has 0 aromatic carbocycles. The van der Waals surface area contributed by atoms with Gasteiger partial charge in [0.1, 0.15) is 6.07 Å². The van der Waals surface area contributed by atoms with Gasteiger partial charge in [0.2, 0.25) is 0 Å². The molecule has 0 spiro atoms. The maximum Gasteiger partial charge on any atom is 0.490 e. The number of carbonyl (C=O) groups is 1. The molecule has 8 heteroatoms. The number of rotatable bonds is 3. The molecule has 1 aliphatic rings. The highest BCUT2D eigenvalue weighted by atomic mass is 19.4. The van der Waals surface area contributed by atoms with Crippen LogP contribution in [0.1, 0.15) is 19.3 Å². The highest BCUT2D eigenvalue weighted by Gasteiger charge is 2.45. The topological polar surface area (TPSA) is 85.3 Å². The first kappa shape index (κ1) is 15.7. The van der Waals surface area contributed by atoms with Gasteiger partial charge in [-0.2, -0.15) is 18.4 Å². The second-order valence-electron chi connectivity index (χ2n) is 4.46. The molecular weight excluding hydrogens is 265 g/mol. The Balaban J connectivity index is 2.74.